The molecule has 1 aliphatic heterocycles. The first kappa shape index (κ1) is 15.4. The lowest BCUT2D eigenvalue weighted by Crippen LogP contribution is -2.61. The summed E-state index contributed by atoms with van der Waals surface area (Å²) in [5, 5.41) is 3.82. The smallest absolute Gasteiger partial charge is 0.0450 e. The van der Waals surface area contributed by atoms with E-state index in [4.69, 9.17) is 0 Å². The van der Waals surface area contributed by atoms with Crippen LogP contribution in [0.4, 0.5) is 0 Å². The predicted molar refractivity (Wildman–Crippen MR) is 92.9 cm³/mol. The molecule has 0 bridgehead atoms. The van der Waals surface area contributed by atoms with Gasteiger partial charge in [0, 0.05) is 24.7 Å². The summed E-state index contributed by atoms with van der Waals surface area (Å²) in [6.07, 6.45) is 6.37. The number of benzene rings is 1. The molecule has 0 aromatic heterocycles. The summed E-state index contributed by atoms with van der Waals surface area (Å²) in [6.45, 7) is 6.03. The van der Waals surface area contributed by atoms with Crippen molar-refractivity contribution in [2.24, 2.45) is 5.92 Å². The number of hydrogen-bond donors (Lipinski definition) is 1. The van der Waals surface area contributed by atoms with Crippen molar-refractivity contribution in [3.8, 4) is 0 Å². The Bertz CT molecular complexity index is 446. The van der Waals surface area contributed by atoms with E-state index in [1.165, 1.54) is 37.1 Å². The standard InChI is InChI=1S/C18H28N2S/c1-18(16-9-10-16)14-19-17(15-7-4-3-5-8-15)13-20(18)11-6-12-21-2/h3-5,7-8,16-17,19H,6,9-14H2,1-2H3. The highest BCUT2D eigenvalue weighted by atomic mass is 32.2. The van der Waals surface area contributed by atoms with Crippen LogP contribution in [0.5, 0.6) is 0 Å². The van der Waals surface area contributed by atoms with Crippen LogP contribution in [0.15, 0.2) is 30.3 Å². The third-order valence-electron chi connectivity index (χ3n) is 5.27. The Balaban J connectivity index is 1.70. The van der Waals surface area contributed by atoms with Crippen molar-refractivity contribution in [1.29, 1.82) is 0 Å². The molecule has 21 heavy (non-hydrogen) atoms. The fraction of sp³-hybridized carbons (Fsp3) is 0.667. The lowest BCUT2D eigenvalue weighted by atomic mass is 9.88. The van der Waals surface area contributed by atoms with Crippen LogP contribution in [-0.2, 0) is 0 Å². The number of nitrogens with one attached hydrogen (secondary N) is 1. The summed E-state index contributed by atoms with van der Waals surface area (Å²) in [5.74, 6) is 2.19. The largest absolute Gasteiger partial charge is 0.307 e. The second-order valence-corrected chi connectivity index (χ2v) is 7.75. The highest BCUT2D eigenvalue weighted by molar-refractivity contribution is 7.98. The van der Waals surface area contributed by atoms with Gasteiger partial charge in [-0.25, -0.2) is 0 Å². The van der Waals surface area contributed by atoms with Crippen LogP contribution >= 0.6 is 11.8 Å². The molecule has 1 saturated heterocycles. The third-order valence-corrected chi connectivity index (χ3v) is 5.96. The van der Waals surface area contributed by atoms with E-state index in [0.717, 1.165) is 19.0 Å². The zero-order valence-corrected chi connectivity index (χ0v) is 14.2. The quantitative estimate of drug-likeness (QED) is 0.809. The van der Waals surface area contributed by atoms with E-state index in [2.05, 4.69) is 53.7 Å². The average molecular weight is 305 g/mol. The number of thioether (sulfide) groups is 1. The minimum Gasteiger partial charge on any atom is -0.307 e. The lowest BCUT2D eigenvalue weighted by molar-refractivity contribution is 0.0350. The highest BCUT2D eigenvalue weighted by Gasteiger charge is 2.48. The normalized spacial score (nSPS) is 30.5. The van der Waals surface area contributed by atoms with Gasteiger partial charge in [-0.3, -0.25) is 4.90 Å². The second kappa shape index (κ2) is 6.72. The molecule has 2 nitrogen and oxygen atoms in total. The van der Waals surface area contributed by atoms with Gasteiger partial charge < -0.3 is 5.32 Å². The number of rotatable bonds is 6. The van der Waals surface area contributed by atoms with Gasteiger partial charge in [0.05, 0.1) is 0 Å². The summed E-state index contributed by atoms with van der Waals surface area (Å²) >= 11 is 1.97. The molecule has 1 aromatic carbocycles. The number of piperazine rings is 1. The Labute approximate surface area is 133 Å². The molecule has 116 valence electrons. The first-order valence-electron chi connectivity index (χ1n) is 8.26. The maximum atomic E-state index is 3.82. The van der Waals surface area contributed by atoms with Crippen molar-refractivity contribution in [3.63, 3.8) is 0 Å². The summed E-state index contributed by atoms with van der Waals surface area (Å²) in [4.78, 5) is 2.79. The van der Waals surface area contributed by atoms with Gasteiger partial charge in [0.1, 0.15) is 0 Å². The molecule has 0 amide bonds. The van der Waals surface area contributed by atoms with Crippen molar-refractivity contribution in [2.45, 2.75) is 37.8 Å². The molecule has 2 aliphatic rings. The fourth-order valence-corrected chi connectivity index (χ4v) is 4.12. The maximum Gasteiger partial charge on any atom is 0.0450 e. The van der Waals surface area contributed by atoms with Crippen LogP contribution in [-0.4, -0.2) is 42.1 Å². The van der Waals surface area contributed by atoms with Crippen molar-refractivity contribution in [1.82, 2.24) is 10.2 Å². The average Bonchev–Trinajstić information content (AvgIpc) is 3.35. The molecule has 2 unspecified atom stereocenters. The molecule has 2 fully saturated rings. The Hall–Kier alpha value is -0.510. The van der Waals surface area contributed by atoms with E-state index in [1.807, 2.05) is 11.8 Å². The van der Waals surface area contributed by atoms with E-state index >= 15 is 0 Å². The predicted octanol–water partition coefficient (Wildman–Crippen LogP) is 3.55. The Morgan fingerprint density at radius 1 is 1.29 bits per heavy atom. The third kappa shape index (κ3) is 3.46. The van der Waals surface area contributed by atoms with E-state index < -0.39 is 0 Å². The van der Waals surface area contributed by atoms with Gasteiger partial charge in [0.15, 0.2) is 0 Å². The minimum atomic E-state index is 0.379. The van der Waals surface area contributed by atoms with Crippen LogP contribution in [0.3, 0.4) is 0 Å². The molecule has 3 heteroatoms. The van der Waals surface area contributed by atoms with E-state index in [9.17, 15) is 0 Å². The first-order valence-corrected chi connectivity index (χ1v) is 9.66. The fourth-order valence-electron chi connectivity index (χ4n) is 3.70. The molecule has 0 radical (unpaired) electrons. The molecule has 0 spiro atoms. The lowest BCUT2D eigenvalue weighted by Gasteiger charge is -2.49. The van der Waals surface area contributed by atoms with E-state index in [-0.39, 0.29) is 0 Å². The molecule has 1 N–H and O–H groups in total. The molecule has 1 saturated carbocycles. The van der Waals surface area contributed by atoms with Gasteiger partial charge in [-0.1, -0.05) is 30.3 Å². The SMILES string of the molecule is CSCCCN1CC(c2ccccc2)NCC1(C)C1CC1. The van der Waals surface area contributed by atoms with Gasteiger partial charge in [0.2, 0.25) is 0 Å². The topological polar surface area (TPSA) is 15.3 Å². The molecular weight excluding hydrogens is 276 g/mol. The summed E-state index contributed by atoms with van der Waals surface area (Å²) in [6, 6.07) is 11.4. The van der Waals surface area contributed by atoms with E-state index in [1.54, 1.807) is 0 Å². The number of nitrogens with zero attached hydrogens (tertiary/aromatic N) is 1. The molecular formula is C18H28N2S. The van der Waals surface area contributed by atoms with Gasteiger partial charge in [0.25, 0.3) is 0 Å². The minimum absolute atomic E-state index is 0.379. The van der Waals surface area contributed by atoms with Gasteiger partial charge in [-0.05, 0) is 56.2 Å². The van der Waals surface area contributed by atoms with Crippen molar-refractivity contribution in [2.75, 3.05) is 31.6 Å². The van der Waals surface area contributed by atoms with Crippen LogP contribution in [0, 0.1) is 5.92 Å². The monoisotopic (exact) mass is 304 g/mol. The van der Waals surface area contributed by atoms with E-state index in [0.29, 0.717) is 11.6 Å². The number of hydrogen-bond acceptors (Lipinski definition) is 3. The molecule has 1 heterocycles. The molecule has 1 aromatic rings. The van der Waals surface area contributed by atoms with Crippen LogP contribution < -0.4 is 5.32 Å². The van der Waals surface area contributed by atoms with Crippen LogP contribution in [0.25, 0.3) is 0 Å². The Kier molecular flexibility index (Phi) is 4.92. The highest BCUT2D eigenvalue weighted by Crippen LogP contribution is 2.45. The van der Waals surface area contributed by atoms with Crippen molar-refractivity contribution >= 4 is 11.8 Å². The van der Waals surface area contributed by atoms with Gasteiger partial charge in [-0.2, -0.15) is 11.8 Å². The zero-order chi connectivity index (χ0) is 14.7. The zero-order valence-electron chi connectivity index (χ0n) is 13.3. The summed E-state index contributed by atoms with van der Waals surface area (Å²) in [7, 11) is 0. The van der Waals surface area contributed by atoms with Gasteiger partial charge >= 0.3 is 0 Å². The second-order valence-electron chi connectivity index (χ2n) is 6.77. The van der Waals surface area contributed by atoms with Crippen molar-refractivity contribution in [3.05, 3.63) is 35.9 Å². The Morgan fingerprint density at radius 3 is 2.71 bits per heavy atom. The van der Waals surface area contributed by atoms with Crippen LogP contribution in [0.2, 0.25) is 0 Å². The molecule has 1 aliphatic carbocycles. The molecule has 2 atom stereocenters. The van der Waals surface area contributed by atoms with Crippen molar-refractivity contribution < 1.29 is 0 Å². The van der Waals surface area contributed by atoms with Crippen LogP contribution in [0.1, 0.15) is 37.8 Å². The maximum absolute atomic E-state index is 3.82. The first-order chi connectivity index (χ1) is 10.2. The Morgan fingerprint density at radius 2 is 2.05 bits per heavy atom. The molecule has 3 rings (SSSR count). The summed E-state index contributed by atoms with van der Waals surface area (Å²) < 4.78 is 0. The summed E-state index contributed by atoms with van der Waals surface area (Å²) in [5.41, 5.74) is 1.81. The van der Waals surface area contributed by atoms with Gasteiger partial charge in [-0.15, -0.1) is 0 Å².